The van der Waals surface area contributed by atoms with Crippen molar-refractivity contribution in [2.45, 2.75) is 20.3 Å². The molecule has 0 aliphatic rings. The van der Waals surface area contributed by atoms with Gasteiger partial charge in [-0.3, -0.25) is 0 Å². The fraction of sp³-hybridized carbons (Fsp3) is 0.238. The second kappa shape index (κ2) is 8.34. The summed E-state index contributed by atoms with van der Waals surface area (Å²) in [5.41, 5.74) is 8.74. The van der Waals surface area contributed by atoms with Crippen LogP contribution >= 0.6 is 0 Å². The highest BCUT2D eigenvalue weighted by Crippen LogP contribution is 2.19. The molecular weight excluding hydrogens is 324 g/mol. The maximum atomic E-state index is 5.96. The SMILES string of the molecule is CC(C)CCOc1ccc(/C=N/n2cc(-c3ccccc3)nc2N)cc1. The third kappa shape index (κ3) is 4.72. The van der Waals surface area contributed by atoms with Crippen LogP contribution in [0.1, 0.15) is 25.8 Å². The Hall–Kier alpha value is -3.08. The van der Waals surface area contributed by atoms with E-state index in [0.717, 1.165) is 35.6 Å². The molecule has 26 heavy (non-hydrogen) atoms. The molecule has 0 unspecified atom stereocenters. The van der Waals surface area contributed by atoms with Crippen molar-refractivity contribution in [2.75, 3.05) is 12.3 Å². The van der Waals surface area contributed by atoms with Crippen molar-refractivity contribution >= 4 is 12.2 Å². The molecule has 1 aromatic heterocycles. The average molecular weight is 348 g/mol. The molecule has 0 bridgehead atoms. The minimum Gasteiger partial charge on any atom is -0.494 e. The Kier molecular flexibility index (Phi) is 5.69. The molecule has 0 fully saturated rings. The lowest BCUT2D eigenvalue weighted by molar-refractivity contribution is 0.289. The van der Waals surface area contributed by atoms with Crippen LogP contribution in [0.3, 0.4) is 0 Å². The lowest BCUT2D eigenvalue weighted by Crippen LogP contribution is -2.01. The molecule has 0 amide bonds. The van der Waals surface area contributed by atoms with Crippen LogP contribution in [0.2, 0.25) is 0 Å². The maximum Gasteiger partial charge on any atom is 0.221 e. The Bertz CT molecular complexity index is 851. The molecule has 2 aromatic carbocycles. The molecule has 0 saturated carbocycles. The Morgan fingerprint density at radius 2 is 1.85 bits per heavy atom. The Balaban J connectivity index is 1.65. The number of hydrogen-bond acceptors (Lipinski definition) is 4. The number of nitrogen functional groups attached to an aromatic ring is 1. The molecular formula is C21H24N4O. The fourth-order valence-electron chi connectivity index (χ4n) is 2.42. The summed E-state index contributed by atoms with van der Waals surface area (Å²) in [6.07, 6.45) is 4.63. The van der Waals surface area contributed by atoms with Gasteiger partial charge in [0.2, 0.25) is 5.95 Å². The smallest absolute Gasteiger partial charge is 0.221 e. The Morgan fingerprint density at radius 3 is 2.54 bits per heavy atom. The molecule has 0 aliphatic heterocycles. The predicted molar refractivity (Wildman–Crippen MR) is 106 cm³/mol. The standard InChI is InChI=1S/C21H24N4O/c1-16(2)12-13-26-19-10-8-17(9-11-19)14-23-25-15-20(24-21(25)22)18-6-4-3-5-7-18/h3-11,14-16H,12-13H2,1-2H3,(H2,22,24)/b23-14+. The first-order valence-electron chi connectivity index (χ1n) is 8.79. The van der Waals surface area contributed by atoms with Crippen molar-refractivity contribution in [3.63, 3.8) is 0 Å². The lowest BCUT2D eigenvalue weighted by atomic mass is 10.1. The summed E-state index contributed by atoms with van der Waals surface area (Å²) in [5, 5.41) is 4.40. The Morgan fingerprint density at radius 1 is 1.12 bits per heavy atom. The predicted octanol–water partition coefficient (Wildman–Crippen LogP) is 4.44. The first kappa shape index (κ1) is 17.7. The number of nitrogens with two attached hydrogens (primary N) is 1. The van der Waals surface area contributed by atoms with E-state index in [1.807, 2.05) is 60.8 Å². The second-order valence-corrected chi connectivity index (χ2v) is 6.54. The number of nitrogens with zero attached hydrogens (tertiary/aromatic N) is 3. The highest BCUT2D eigenvalue weighted by Gasteiger charge is 2.05. The van der Waals surface area contributed by atoms with Gasteiger partial charge in [-0.15, -0.1) is 0 Å². The molecule has 5 heteroatoms. The van der Waals surface area contributed by atoms with E-state index in [-0.39, 0.29) is 0 Å². The second-order valence-electron chi connectivity index (χ2n) is 6.54. The molecule has 3 rings (SSSR count). The van der Waals surface area contributed by atoms with Gasteiger partial charge in [-0.1, -0.05) is 44.2 Å². The van der Waals surface area contributed by atoms with Crippen LogP contribution in [0.5, 0.6) is 5.75 Å². The normalized spacial score (nSPS) is 11.3. The molecule has 0 spiro atoms. The molecule has 3 aromatic rings. The summed E-state index contributed by atoms with van der Waals surface area (Å²) in [5.74, 6) is 1.87. The lowest BCUT2D eigenvalue weighted by Gasteiger charge is -2.07. The van der Waals surface area contributed by atoms with E-state index in [4.69, 9.17) is 10.5 Å². The number of aromatic nitrogens is 2. The summed E-state index contributed by atoms with van der Waals surface area (Å²) in [6, 6.07) is 17.7. The van der Waals surface area contributed by atoms with E-state index < -0.39 is 0 Å². The molecule has 0 radical (unpaired) electrons. The highest BCUT2D eigenvalue weighted by molar-refractivity contribution is 5.79. The van der Waals surface area contributed by atoms with Gasteiger partial charge >= 0.3 is 0 Å². The van der Waals surface area contributed by atoms with E-state index in [1.165, 1.54) is 0 Å². The summed E-state index contributed by atoms with van der Waals surface area (Å²) < 4.78 is 7.31. The Labute approximate surface area is 154 Å². The van der Waals surface area contributed by atoms with E-state index in [1.54, 1.807) is 10.9 Å². The quantitative estimate of drug-likeness (QED) is 0.642. The highest BCUT2D eigenvalue weighted by atomic mass is 16.5. The summed E-state index contributed by atoms with van der Waals surface area (Å²) in [7, 11) is 0. The number of imidazole rings is 1. The van der Waals surface area contributed by atoms with E-state index in [2.05, 4.69) is 23.9 Å². The molecule has 2 N–H and O–H groups in total. The van der Waals surface area contributed by atoms with Gasteiger partial charge in [0.1, 0.15) is 5.75 Å². The first-order chi connectivity index (χ1) is 12.6. The zero-order valence-electron chi connectivity index (χ0n) is 15.2. The third-order valence-corrected chi connectivity index (χ3v) is 3.96. The topological polar surface area (TPSA) is 65.4 Å². The van der Waals surface area contributed by atoms with Gasteiger partial charge in [0.05, 0.1) is 24.7 Å². The average Bonchev–Trinajstić information content (AvgIpc) is 3.02. The monoisotopic (exact) mass is 348 g/mol. The van der Waals surface area contributed by atoms with Crippen molar-refractivity contribution < 1.29 is 4.74 Å². The van der Waals surface area contributed by atoms with E-state index in [9.17, 15) is 0 Å². The molecule has 0 atom stereocenters. The largest absolute Gasteiger partial charge is 0.494 e. The maximum absolute atomic E-state index is 5.96. The zero-order valence-corrected chi connectivity index (χ0v) is 15.2. The molecule has 134 valence electrons. The van der Waals surface area contributed by atoms with Gasteiger partial charge in [0.15, 0.2) is 0 Å². The van der Waals surface area contributed by atoms with Crippen molar-refractivity contribution in [1.29, 1.82) is 0 Å². The number of hydrogen-bond donors (Lipinski definition) is 1. The number of benzene rings is 2. The van der Waals surface area contributed by atoms with Crippen molar-refractivity contribution in [1.82, 2.24) is 9.66 Å². The van der Waals surface area contributed by atoms with E-state index in [0.29, 0.717) is 11.9 Å². The summed E-state index contributed by atoms with van der Waals surface area (Å²) in [4.78, 5) is 4.36. The summed E-state index contributed by atoms with van der Waals surface area (Å²) in [6.45, 7) is 5.11. The zero-order chi connectivity index (χ0) is 18.4. The minimum absolute atomic E-state index is 0.355. The first-order valence-corrected chi connectivity index (χ1v) is 8.79. The van der Waals surface area contributed by atoms with Crippen LogP contribution in [-0.4, -0.2) is 22.5 Å². The number of ether oxygens (including phenoxy) is 1. The van der Waals surface area contributed by atoms with Gasteiger partial charge in [0, 0.05) is 5.56 Å². The van der Waals surface area contributed by atoms with Gasteiger partial charge in [-0.05, 0) is 42.2 Å². The van der Waals surface area contributed by atoms with Crippen LogP contribution in [0.25, 0.3) is 11.3 Å². The van der Waals surface area contributed by atoms with E-state index >= 15 is 0 Å². The van der Waals surface area contributed by atoms with Gasteiger partial charge in [0.25, 0.3) is 0 Å². The van der Waals surface area contributed by atoms with Gasteiger partial charge in [-0.25, -0.2) is 9.66 Å². The van der Waals surface area contributed by atoms with Crippen molar-refractivity contribution in [2.24, 2.45) is 11.0 Å². The number of rotatable bonds is 7. The molecule has 1 heterocycles. The van der Waals surface area contributed by atoms with Crippen LogP contribution in [0.15, 0.2) is 65.9 Å². The molecule has 0 aliphatic carbocycles. The fourth-order valence-corrected chi connectivity index (χ4v) is 2.42. The van der Waals surface area contributed by atoms with Crippen molar-refractivity contribution in [3.05, 3.63) is 66.4 Å². The molecule has 5 nitrogen and oxygen atoms in total. The van der Waals surface area contributed by atoms with Crippen molar-refractivity contribution in [3.8, 4) is 17.0 Å². The summed E-state index contributed by atoms with van der Waals surface area (Å²) >= 11 is 0. The minimum atomic E-state index is 0.355. The third-order valence-electron chi connectivity index (χ3n) is 3.96. The number of anilines is 1. The molecule has 0 saturated heterocycles. The van der Waals surface area contributed by atoms with Crippen LogP contribution < -0.4 is 10.5 Å². The van der Waals surface area contributed by atoms with Gasteiger partial charge < -0.3 is 10.5 Å². The van der Waals surface area contributed by atoms with Crippen LogP contribution in [0.4, 0.5) is 5.95 Å². The van der Waals surface area contributed by atoms with Crippen LogP contribution in [-0.2, 0) is 0 Å². The van der Waals surface area contributed by atoms with Gasteiger partial charge in [-0.2, -0.15) is 5.10 Å². The van der Waals surface area contributed by atoms with Crippen LogP contribution in [0, 0.1) is 5.92 Å².